The Labute approximate surface area is 123 Å². The summed E-state index contributed by atoms with van der Waals surface area (Å²) in [7, 11) is 0. The first kappa shape index (κ1) is 19.3. The van der Waals surface area contributed by atoms with E-state index in [0.717, 1.165) is 0 Å². The maximum absolute atomic E-state index is 12.4. The van der Waals surface area contributed by atoms with Gasteiger partial charge >= 0.3 is 0 Å². The van der Waals surface area contributed by atoms with E-state index in [1.807, 2.05) is 41.5 Å². The normalized spacial score (nSPS) is 15.1. The van der Waals surface area contributed by atoms with Crippen molar-refractivity contribution in [2.45, 2.75) is 85.4 Å². The highest BCUT2D eigenvalue weighted by molar-refractivity contribution is 5.93. The lowest BCUT2D eigenvalue weighted by molar-refractivity contribution is -0.128. The van der Waals surface area contributed by atoms with E-state index >= 15 is 0 Å². The van der Waals surface area contributed by atoms with E-state index in [4.69, 9.17) is 5.73 Å². The van der Waals surface area contributed by atoms with Crippen molar-refractivity contribution < 1.29 is 9.59 Å². The van der Waals surface area contributed by atoms with Crippen LogP contribution in [0.4, 0.5) is 0 Å². The molecular weight excluding hydrogens is 252 g/mol. The maximum Gasteiger partial charge on any atom is 0.168 e. The van der Waals surface area contributed by atoms with E-state index < -0.39 is 5.54 Å². The van der Waals surface area contributed by atoms with Crippen LogP contribution in [0.25, 0.3) is 0 Å². The Kier molecular flexibility index (Phi) is 6.12. The minimum Gasteiger partial charge on any atom is -0.319 e. The van der Waals surface area contributed by atoms with Gasteiger partial charge < -0.3 is 11.1 Å². The molecule has 0 spiro atoms. The van der Waals surface area contributed by atoms with Crippen molar-refractivity contribution in [3.8, 4) is 0 Å². The van der Waals surface area contributed by atoms with Gasteiger partial charge in [0.05, 0.1) is 11.6 Å². The summed E-state index contributed by atoms with van der Waals surface area (Å²) in [6, 6.07) is -0.388. The molecular formula is C16H32N2O2. The van der Waals surface area contributed by atoms with Gasteiger partial charge in [0.2, 0.25) is 0 Å². The second kappa shape index (κ2) is 6.35. The molecule has 0 aliphatic carbocycles. The minimum absolute atomic E-state index is 0.0471. The maximum atomic E-state index is 12.4. The first-order valence-corrected chi connectivity index (χ1v) is 7.29. The first-order chi connectivity index (χ1) is 8.64. The Balaban J connectivity index is 4.90. The third kappa shape index (κ3) is 7.15. The molecule has 0 aromatic rings. The molecule has 4 nitrogen and oxygen atoms in total. The van der Waals surface area contributed by atoms with E-state index in [-0.39, 0.29) is 28.6 Å². The molecule has 0 aliphatic rings. The first-order valence-electron chi connectivity index (χ1n) is 7.29. The van der Waals surface area contributed by atoms with Crippen LogP contribution in [0.15, 0.2) is 0 Å². The molecule has 0 aliphatic heterocycles. The number of carbonyl (C=O) groups is 2. The molecule has 0 bridgehead atoms. The molecule has 0 saturated heterocycles. The lowest BCUT2D eigenvalue weighted by atomic mass is 9.84. The number of hydrogen-bond donors (Lipinski definition) is 2. The molecule has 0 aromatic carbocycles. The molecule has 1 unspecified atom stereocenters. The monoisotopic (exact) mass is 284 g/mol. The molecule has 3 N–H and O–H groups in total. The number of carbonyl (C=O) groups excluding carboxylic acids is 2. The molecule has 0 heterocycles. The van der Waals surface area contributed by atoms with Crippen LogP contribution in [0.5, 0.6) is 0 Å². The van der Waals surface area contributed by atoms with Gasteiger partial charge in [0.15, 0.2) is 5.78 Å². The summed E-state index contributed by atoms with van der Waals surface area (Å²) in [6.07, 6.45) is 0.881. The Morgan fingerprint density at radius 1 is 1.00 bits per heavy atom. The average Bonchev–Trinajstić information content (AvgIpc) is 2.18. The highest BCUT2D eigenvalue weighted by atomic mass is 16.1. The van der Waals surface area contributed by atoms with Crippen LogP contribution < -0.4 is 11.1 Å². The Morgan fingerprint density at radius 3 is 1.75 bits per heavy atom. The van der Waals surface area contributed by atoms with Gasteiger partial charge in [-0.25, -0.2) is 0 Å². The second-order valence-corrected chi connectivity index (χ2v) is 8.24. The van der Waals surface area contributed by atoms with Crippen LogP contribution in [0, 0.1) is 5.41 Å². The summed E-state index contributed by atoms with van der Waals surface area (Å²) in [4.78, 5) is 24.4. The Bertz CT molecular complexity index is 354. The fourth-order valence-electron chi connectivity index (χ4n) is 1.89. The zero-order valence-corrected chi connectivity index (χ0v) is 14.4. The second-order valence-electron chi connectivity index (χ2n) is 8.24. The van der Waals surface area contributed by atoms with Crippen molar-refractivity contribution in [1.29, 1.82) is 0 Å². The van der Waals surface area contributed by atoms with Crippen molar-refractivity contribution in [2.75, 3.05) is 0 Å². The molecule has 0 saturated carbocycles. The quantitative estimate of drug-likeness (QED) is 0.786. The summed E-state index contributed by atoms with van der Waals surface area (Å²) < 4.78 is 0. The predicted molar refractivity (Wildman–Crippen MR) is 83.6 cm³/mol. The molecule has 0 rings (SSSR count). The molecule has 20 heavy (non-hydrogen) atoms. The van der Waals surface area contributed by atoms with E-state index in [2.05, 4.69) is 5.32 Å². The number of hydrogen-bond acceptors (Lipinski definition) is 4. The summed E-state index contributed by atoms with van der Waals surface area (Å²) in [5, 5.41) is 3.29. The van der Waals surface area contributed by atoms with Gasteiger partial charge in [-0.15, -0.1) is 0 Å². The summed E-state index contributed by atoms with van der Waals surface area (Å²) in [6.45, 7) is 15.1. The standard InChI is InChI=1S/C16H32N2O2/c1-14(2,3)12(19)10-9-11(18-15(4,5)6)13(20)16(7,8)17/h11,18H,9-10,17H2,1-8H3. The summed E-state index contributed by atoms with van der Waals surface area (Å²) in [5.74, 6) is 0.120. The number of nitrogens with one attached hydrogen (secondary N) is 1. The summed E-state index contributed by atoms with van der Waals surface area (Å²) >= 11 is 0. The highest BCUT2D eigenvalue weighted by Gasteiger charge is 2.33. The van der Waals surface area contributed by atoms with E-state index in [1.165, 1.54) is 0 Å². The molecule has 4 heteroatoms. The van der Waals surface area contributed by atoms with Crippen molar-refractivity contribution in [2.24, 2.45) is 11.1 Å². The number of nitrogens with two attached hydrogens (primary N) is 1. The number of Topliss-reactive ketones (excluding diaryl/α,β-unsaturated/α-hetero) is 2. The van der Waals surface area contributed by atoms with Gasteiger partial charge in [-0.1, -0.05) is 20.8 Å². The smallest absolute Gasteiger partial charge is 0.168 e. The van der Waals surface area contributed by atoms with Crippen LogP contribution in [-0.4, -0.2) is 28.7 Å². The Hall–Kier alpha value is -0.740. The van der Waals surface area contributed by atoms with Gasteiger partial charge in [0.1, 0.15) is 5.78 Å². The van der Waals surface area contributed by atoms with Gasteiger partial charge in [-0.3, -0.25) is 9.59 Å². The highest BCUT2D eigenvalue weighted by Crippen LogP contribution is 2.20. The van der Waals surface area contributed by atoms with Crippen molar-refractivity contribution in [3.05, 3.63) is 0 Å². The molecule has 1 atom stereocenters. The Morgan fingerprint density at radius 2 is 1.45 bits per heavy atom. The van der Waals surface area contributed by atoms with Crippen LogP contribution in [0.2, 0.25) is 0 Å². The zero-order chi connectivity index (χ0) is 16.4. The number of ketones is 2. The zero-order valence-electron chi connectivity index (χ0n) is 14.4. The van der Waals surface area contributed by atoms with E-state index in [9.17, 15) is 9.59 Å². The van der Waals surface area contributed by atoms with Gasteiger partial charge in [0.25, 0.3) is 0 Å². The van der Waals surface area contributed by atoms with Crippen molar-refractivity contribution in [3.63, 3.8) is 0 Å². The van der Waals surface area contributed by atoms with E-state index in [1.54, 1.807) is 13.8 Å². The fraction of sp³-hybridized carbons (Fsp3) is 0.875. The molecule has 0 aromatic heterocycles. The minimum atomic E-state index is -0.895. The number of rotatable bonds is 6. The van der Waals surface area contributed by atoms with Crippen LogP contribution >= 0.6 is 0 Å². The fourth-order valence-corrected chi connectivity index (χ4v) is 1.89. The van der Waals surface area contributed by atoms with Gasteiger partial charge in [0, 0.05) is 17.4 Å². The lowest BCUT2D eigenvalue weighted by Gasteiger charge is -2.32. The molecule has 0 fully saturated rings. The largest absolute Gasteiger partial charge is 0.319 e. The van der Waals surface area contributed by atoms with Crippen molar-refractivity contribution in [1.82, 2.24) is 5.32 Å². The molecule has 0 amide bonds. The van der Waals surface area contributed by atoms with Crippen LogP contribution in [-0.2, 0) is 9.59 Å². The SMILES string of the molecule is CC(C)(C)NC(CCC(=O)C(C)(C)C)C(=O)C(C)(C)N. The predicted octanol–water partition coefficient (Wildman–Crippen LogP) is 2.44. The van der Waals surface area contributed by atoms with Gasteiger partial charge in [-0.2, -0.15) is 0 Å². The molecule has 0 radical (unpaired) electrons. The van der Waals surface area contributed by atoms with Crippen LogP contribution in [0.3, 0.4) is 0 Å². The molecule has 118 valence electrons. The third-order valence-electron chi connectivity index (χ3n) is 3.06. The average molecular weight is 284 g/mol. The van der Waals surface area contributed by atoms with Crippen LogP contribution in [0.1, 0.15) is 68.2 Å². The van der Waals surface area contributed by atoms with Gasteiger partial charge in [-0.05, 0) is 41.0 Å². The topological polar surface area (TPSA) is 72.2 Å². The lowest BCUT2D eigenvalue weighted by Crippen LogP contribution is -2.56. The van der Waals surface area contributed by atoms with Crippen molar-refractivity contribution >= 4 is 11.6 Å². The summed E-state index contributed by atoms with van der Waals surface area (Å²) in [5.41, 5.74) is 4.46. The van der Waals surface area contributed by atoms with E-state index in [0.29, 0.717) is 12.8 Å². The third-order valence-corrected chi connectivity index (χ3v) is 3.06.